The summed E-state index contributed by atoms with van der Waals surface area (Å²) in [5.41, 5.74) is 6.68. The SMILES string of the molecule is Cl.ClC1=CCN=c2c3c([nH]c2=C1)C(C1CCC(Oc2cccc4ccccc24)CC1)=NNC3. The highest BCUT2D eigenvalue weighted by molar-refractivity contribution is 6.34. The van der Waals surface area contributed by atoms with Crippen LogP contribution in [-0.4, -0.2) is 23.3 Å². The first-order chi connectivity index (χ1) is 15.8. The number of aromatic nitrogens is 1. The number of hydrazone groups is 1. The minimum absolute atomic E-state index is 0. The molecule has 0 unspecified atom stereocenters. The number of ether oxygens (including phenoxy) is 1. The lowest BCUT2D eigenvalue weighted by Gasteiger charge is -2.31. The Bertz CT molecular complexity index is 1360. The van der Waals surface area contributed by atoms with Crippen molar-refractivity contribution < 1.29 is 4.74 Å². The maximum Gasteiger partial charge on any atom is 0.127 e. The Morgan fingerprint density at radius 2 is 1.82 bits per heavy atom. The van der Waals surface area contributed by atoms with Gasteiger partial charge in [0.2, 0.25) is 0 Å². The van der Waals surface area contributed by atoms with Gasteiger partial charge in [-0.2, -0.15) is 5.10 Å². The highest BCUT2D eigenvalue weighted by Gasteiger charge is 2.31. The second-order valence-corrected chi connectivity index (χ2v) is 9.15. The maximum atomic E-state index is 6.46. The molecule has 0 atom stereocenters. The molecule has 33 heavy (non-hydrogen) atoms. The number of H-pyrrole nitrogens is 1. The van der Waals surface area contributed by atoms with E-state index in [1.54, 1.807) is 0 Å². The van der Waals surface area contributed by atoms with Crippen molar-refractivity contribution in [3.8, 4) is 5.75 Å². The van der Waals surface area contributed by atoms with Gasteiger partial charge in [-0.05, 0) is 49.3 Å². The van der Waals surface area contributed by atoms with Crippen molar-refractivity contribution in [2.75, 3.05) is 6.54 Å². The Kier molecular flexibility index (Phi) is 6.17. The first kappa shape index (κ1) is 22.1. The number of allylic oxidation sites excluding steroid dienone is 1. The molecule has 6 rings (SSSR count). The second kappa shape index (κ2) is 9.24. The van der Waals surface area contributed by atoms with Crippen LogP contribution in [0.3, 0.4) is 0 Å². The lowest BCUT2D eigenvalue weighted by molar-refractivity contribution is 0.146. The molecule has 1 saturated carbocycles. The third-order valence-electron chi connectivity index (χ3n) is 6.74. The largest absolute Gasteiger partial charge is 0.490 e. The van der Waals surface area contributed by atoms with Crippen LogP contribution in [0.2, 0.25) is 0 Å². The number of fused-ring (bicyclic) bond motifs is 4. The normalized spacial score (nSPS) is 21.6. The predicted molar refractivity (Wildman–Crippen MR) is 136 cm³/mol. The number of halogens is 2. The van der Waals surface area contributed by atoms with Gasteiger partial charge in [-0.25, -0.2) is 0 Å². The summed E-state index contributed by atoms with van der Waals surface area (Å²) in [6.07, 6.45) is 8.30. The van der Waals surface area contributed by atoms with Gasteiger partial charge in [0.25, 0.3) is 0 Å². The van der Waals surface area contributed by atoms with Gasteiger partial charge >= 0.3 is 0 Å². The van der Waals surface area contributed by atoms with Gasteiger partial charge < -0.3 is 15.1 Å². The van der Waals surface area contributed by atoms with E-state index in [0.717, 1.165) is 58.6 Å². The molecule has 7 heteroatoms. The van der Waals surface area contributed by atoms with Crippen LogP contribution in [0, 0.1) is 5.92 Å². The van der Waals surface area contributed by atoms with E-state index in [4.69, 9.17) is 26.4 Å². The van der Waals surface area contributed by atoms with Crippen LogP contribution in [-0.2, 0) is 6.54 Å². The molecular formula is C26H26Cl2N4O. The van der Waals surface area contributed by atoms with Gasteiger partial charge in [0, 0.05) is 21.9 Å². The van der Waals surface area contributed by atoms with Gasteiger partial charge in [-0.3, -0.25) is 4.99 Å². The van der Waals surface area contributed by atoms with E-state index < -0.39 is 0 Å². The van der Waals surface area contributed by atoms with Crippen LogP contribution in [0.1, 0.15) is 36.9 Å². The zero-order chi connectivity index (χ0) is 21.5. The molecule has 3 aliphatic rings. The summed E-state index contributed by atoms with van der Waals surface area (Å²) in [7, 11) is 0. The molecule has 170 valence electrons. The van der Waals surface area contributed by atoms with Gasteiger partial charge in [-0.15, -0.1) is 12.4 Å². The standard InChI is InChI=1S/C26H25ClN4O.ClH/c27-18-12-13-28-25-21-15-29-31-24(26(21)30-22(25)14-18)17-8-10-19(11-9-17)32-23-7-3-5-16-4-1-2-6-20(16)23;/h1-7,12,14,17,19,29-30H,8-11,13,15H2;1H. The molecule has 3 aromatic rings. The van der Waals surface area contributed by atoms with E-state index in [1.165, 1.54) is 16.3 Å². The average Bonchev–Trinajstić information content (AvgIpc) is 3.06. The number of hydrogen-bond acceptors (Lipinski definition) is 4. The Morgan fingerprint density at radius 3 is 2.70 bits per heavy atom. The van der Waals surface area contributed by atoms with Crippen molar-refractivity contribution in [3.05, 3.63) is 75.5 Å². The molecular weight excluding hydrogens is 455 g/mol. The van der Waals surface area contributed by atoms with Crippen molar-refractivity contribution in [3.63, 3.8) is 0 Å². The van der Waals surface area contributed by atoms with Gasteiger partial charge in [0.05, 0.1) is 41.3 Å². The molecule has 0 amide bonds. The maximum absolute atomic E-state index is 6.46. The fraction of sp³-hybridized carbons (Fsp3) is 0.308. The van der Waals surface area contributed by atoms with Crippen molar-refractivity contribution in [1.82, 2.24) is 10.4 Å². The van der Waals surface area contributed by atoms with E-state index >= 15 is 0 Å². The summed E-state index contributed by atoms with van der Waals surface area (Å²) >= 11 is 6.28. The molecule has 1 aromatic heterocycles. The molecule has 0 radical (unpaired) electrons. The number of nitrogens with one attached hydrogen (secondary N) is 2. The minimum atomic E-state index is 0. The van der Waals surface area contributed by atoms with Crippen molar-refractivity contribution in [2.24, 2.45) is 16.0 Å². The molecule has 1 aliphatic carbocycles. The van der Waals surface area contributed by atoms with E-state index in [2.05, 4.69) is 52.9 Å². The zero-order valence-corrected chi connectivity index (χ0v) is 19.8. The van der Waals surface area contributed by atoms with Crippen LogP contribution in [0.15, 0.2) is 63.7 Å². The second-order valence-electron chi connectivity index (χ2n) is 8.72. The van der Waals surface area contributed by atoms with Crippen LogP contribution in [0.5, 0.6) is 5.75 Å². The van der Waals surface area contributed by atoms with Crippen LogP contribution >= 0.6 is 24.0 Å². The summed E-state index contributed by atoms with van der Waals surface area (Å²) in [6.45, 7) is 1.30. The molecule has 0 spiro atoms. The van der Waals surface area contributed by atoms with E-state index in [1.807, 2.05) is 12.2 Å². The average molecular weight is 481 g/mol. The Labute approximate surface area is 203 Å². The first-order valence-electron chi connectivity index (χ1n) is 11.3. The minimum Gasteiger partial charge on any atom is -0.490 e. The van der Waals surface area contributed by atoms with Crippen molar-refractivity contribution in [1.29, 1.82) is 0 Å². The smallest absolute Gasteiger partial charge is 0.127 e. The first-order valence-corrected chi connectivity index (χ1v) is 11.7. The Balaban J connectivity index is 0.00000228. The van der Waals surface area contributed by atoms with Crippen LogP contribution in [0.4, 0.5) is 0 Å². The summed E-state index contributed by atoms with van der Waals surface area (Å²) in [6, 6.07) is 14.7. The Morgan fingerprint density at radius 1 is 1.00 bits per heavy atom. The molecule has 0 saturated heterocycles. The molecule has 2 aliphatic heterocycles. The lowest BCUT2D eigenvalue weighted by atomic mass is 9.82. The highest BCUT2D eigenvalue weighted by Crippen LogP contribution is 2.33. The summed E-state index contributed by atoms with van der Waals surface area (Å²) < 4.78 is 6.46. The Hall–Kier alpha value is -2.76. The molecule has 2 N–H and O–H groups in total. The van der Waals surface area contributed by atoms with Crippen molar-refractivity contribution in [2.45, 2.75) is 38.3 Å². The zero-order valence-electron chi connectivity index (χ0n) is 18.2. The molecule has 3 heterocycles. The number of aromatic amines is 1. The molecule has 2 aromatic carbocycles. The summed E-state index contributed by atoms with van der Waals surface area (Å²) in [5.74, 6) is 1.39. The number of benzene rings is 2. The molecule has 0 bridgehead atoms. The van der Waals surface area contributed by atoms with Crippen molar-refractivity contribution >= 4 is 46.6 Å². The van der Waals surface area contributed by atoms with E-state index in [9.17, 15) is 0 Å². The number of nitrogens with zero attached hydrogens (tertiary/aromatic N) is 2. The highest BCUT2D eigenvalue weighted by atomic mass is 35.5. The van der Waals surface area contributed by atoms with Gasteiger partial charge in [0.1, 0.15) is 5.75 Å². The summed E-state index contributed by atoms with van der Waals surface area (Å²) in [4.78, 5) is 8.30. The third-order valence-corrected chi connectivity index (χ3v) is 7.00. The van der Waals surface area contributed by atoms with E-state index in [0.29, 0.717) is 19.0 Å². The molecule has 1 fully saturated rings. The predicted octanol–water partition coefficient (Wildman–Crippen LogP) is 4.57. The fourth-order valence-corrected chi connectivity index (χ4v) is 5.31. The fourth-order valence-electron chi connectivity index (χ4n) is 5.13. The van der Waals surface area contributed by atoms with Gasteiger partial charge in [-0.1, -0.05) is 48.0 Å². The van der Waals surface area contributed by atoms with Crippen LogP contribution in [0.25, 0.3) is 16.8 Å². The monoisotopic (exact) mass is 480 g/mol. The third kappa shape index (κ3) is 4.16. The quantitative estimate of drug-likeness (QED) is 0.576. The van der Waals surface area contributed by atoms with Gasteiger partial charge in [0.15, 0.2) is 0 Å². The number of hydrogen-bond donors (Lipinski definition) is 2. The van der Waals surface area contributed by atoms with E-state index in [-0.39, 0.29) is 18.5 Å². The number of rotatable bonds is 3. The topological polar surface area (TPSA) is 61.8 Å². The van der Waals surface area contributed by atoms with Crippen LogP contribution < -0.4 is 20.9 Å². The lowest BCUT2D eigenvalue weighted by Crippen LogP contribution is -2.33. The molecule has 5 nitrogen and oxygen atoms in total. The summed E-state index contributed by atoms with van der Waals surface area (Å²) in [5, 5.41) is 9.85.